The van der Waals surface area contributed by atoms with Gasteiger partial charge in [0.05, 0.1) is 16.7 Å². The molecule has 5 rings (SSSR count). The summed E-state index contributed by atoms with van der Waals surface area (Å²) in [5, 5.41) is 4.11. The van der Waals surface area contributed by atoms with Gasteiger partial charge in [-0.15, -0.1) is 0 Å². The van der Waals surface area contributed by atoms with E-state index < -0.39 is 0 Å². The highest BCUT2D eigenvalue weighted by Crippen LogP contribution is 2.41. The van der Waals surface area contributed by atoms with E-state index in [-0.39, 0.29) is 5.83 Å². The van der Waals surface area contributed by atoms with Crippen molar-refractivity contribution in [2.24, 2.45) is 0 Å². The summed E-state index contributed by atoms with van der Waals surface area (Å²) in [5.41, 5.74) is 7.40. The van der Waals surface area contributed by atoms with Crippen molar-refractivity contribution in [3.8, 4) is 11.1 Å². The van der Waals surface area contributed by atoms with Crippen LogP contribution in [0.2, 0.25) is 0 Å². The summed E-state index contributed by atoms with van der Waals surface area (Å²) in [6.07, 6.45) is 9.70. The van der Waals surface area contributed by atoms with Gasteiger partial charge in [0.1, 0.15) is 17.4 Å². The predicted octanol–water partition coefficient (Wildman–Crippen LogP) is 6.47. The molecule has 146 valence electrons. The molecule has 0 amide bonds. The molecule has 0 bridgehead atoms. The maximum atomic E-state index is 13.7. The van der Waals surface area contributed by atoms with Gasteiger partial charge in [0.15, 0.2) is 0 Å². The smallest absolute Gasteiger partial charge is 0.141 e. The number of imidazole rings is 1. The van der Waals surface area contributed by atoms with E-state index in [1.54, 1.807) is 12.2 Å². The van der Waals surface area contributed by atoms with E-state index in [2.05, 4.69) is 28.9 Å². The fourth-order valence-electron chi connectivity index (χ4n) is 3.94. The molecule has 0 unspecified atom stereocenters. The standard InChI is InChI=1S/C24H22FN3O/c1-13(16-5-4-6-19(25)10-9-16)20-11-18(22-14(2)28-29-15(22)3)12-21-23(20)27-24(26-21)17-7-8-17/h5-6,9-12,17H,1,4,7-8H2,2-3H3,(H,26,27). The molecule has 0 aliphatic heterocycles. The first-order chi connectivity index (χ1) is 14.0. The van der Waals surface area contributed by atoms with Crippen molar-refractivity contribution in [1.82, 2.24) is 15.1 Å². The molecule has 1 fully saturated rings. The zero-order valence-electron chi connectivity index (χ0n) is 16.6. The number of benzene rings is 1. The quantitative estimate of drug-likeness (QED) is 0.558. The zero-order chi connectivity index (χ0) is 20.1. The van der Waals surface area contributed by atoms with Crippen molar-refractivity contribution in [3.63, 3.8) is 0 Å². The highest BCUT2D eigenvalue weighted by molar-refractivity contribution is 5.97. The van der Waals surface area contributed by atoms with Crippen LogP contribution in [0, 0.1) is 13.8 Å². The molecule has 2 aromatic heterocycles. The van der Waals surface area contributed by atoms with E-state index in [0.717, 1.165) is 56.1 Å². The van der Waals surface area contributed by atoms with E-state index in [1.165, 1.54) is 18.9 Å². The van der Waals surface area contributed by atoms with Gasteiger partial charge in [0.2, 0.25) is 0 Å². The van der Waals surface area contributed by atoms with Gasteiger partial charge in [-0.25, -0.2) is 9.37 Å². The van der Waals surface area contributed by atoms with Crippen molar-refractivity contribution in [2.45, 2.75) is 39.0 Å². The average Bonchev–Trinajstić information content (AvgIpc) is 3.43. The SMILES string of the molecule is C=C(C1=CCC=C(F)C=C1)c1cc(-c2c(C)noc2C)cc2[nH]c(C3CC3)nc12. The van der Waals surface area contributed by atoms with Crippen LogP contribution in [0.1, 0.15) is 48.0 Å². The van der Waals surface area contributed by atoms with Crippen LogP contribution in [0.25, 0.3) is 27.7 Å². The van der Waals surface area contributed by atoms with Crippen LogP contribution >= 0.6 is 0 Å². The molecule has 29 heavy (non-hydrogen) atoms. The lowest BCUT2D eigenvalue weighted by atomic mass is 9.93. The Labute approximate surface area is 168 Å². The van der Waals surface area contributed by atoms with Crippen LogP contribution in [0.4, 0.5) is 4.39 Å². The van der Waals surface area contributed by atoms with Crippen molar-refractivity contribution < 1.29 is 8.91 Å². The minimum atomic E-state index is -0.227. The Balaban J connectivity index is 1.69. The van der Waals surface area contributed by atoms with Gasteiger partial charge in [-0.2, -0.15) is 0 Å². The van der Waals surface area contributed by atoms with Crippen molar-refractivity contribution in [2.75, 3.05) is 0 Å². The third-order valence-corrected chi connectivity index (χ3v) is 5.64. The molecular weight excluding hydrogens is 365 g/mol. The molecule has 1 aromatic carbocycles. The summed E-state index contributed by atoms with van der Waals surface area (Å²) in [7, 11) is 0. The Morgan fingerprint density at radius 2 is 2.03 bits per heavy atom. The number of aromatic amines is 1. The number of hydrogen-bond acceptors (Lipinski definition) is 3. The van der Waals surface area contributed by atoms with Gasteiger partial charge in [0, 0.05) is 17.0 Å². The van der Waals surface area contributed by atoms with Crippen LogP contribution < -0.4 is 0 Å². The van der Waals surface area contributed by atoms with Crippen LogP contribution in [-0.2, 0) is 0 Å². The average molecular weight is 387 g/mol. The molecule has 1 saturated carbocycles. The largest absolute Gasteiger partial charge is 0.361 e. The second-order valence-electron chi connectivity index (χ2n) is 7.81. The number of aromatic nitrogens is 3. The van der Waals surface area contributed by atoms with Crippen molar-refractivity contribution in [3.05, 3.63) is 77.3 Å². The Kier molecular flexibility index (Phi) is 4.12. The number of hydrogen-bond donors (Lipinski definition) is 1. The molecule has 0 atom stereocenters. The topological polar surface area (TPSA) is 54.7 Å². The maximum absolute atomic E-state index is 13.7. The first-order valence-electron chi connectivity index (χ1n) is 9.91. The predicted molar refractivity (Wildman–Crippen MR) is 113 cm³/mol. The lowest BCUT2D eigenvalue weighted by Crippen LogP contribution is -1.92. The minimum absolute atomic E-state index is 0.227. The van der Waals surface area contributed by atoms with Gasteiger partial charge in [-0.1, -0.05) is 23.9 Å². The van der Waals surface area contributed by atoms with Gasteiger partial charge >= 0.3 is 0 Å². The van der Waals surface area contributed by atoms with Crippen molar-refractivity contribution in [1.29, 1.82) is 0 Å². The lowest BCUT2D eigenvalue weighted by Gasteiger charge is -2.11. The molecule has 1 N–H and O–H groups in total. The number of nitrogens with zero attached hydrogens (tertiary/aromatic N) is 2. The number of allylic oxidation sites excluding steroid dienone is 7. The summed E-state index contributed by atoms with van der Waals surface area (Å²) < 4.78 is 19.0. The molecule has 3 aromatic rings. The molecule has 0 spiro atoms. The first kappa shape index (κ1) is 17.9. The summed E-state index contributed by atoms with van der Waals surface area (Å²) in [6.45, 7) is 8.21. The molecule has 4 nitrogen and oxygen atoms in total. The summed E-state index contributed by atoms with van der Waals surface area (Å²) in [6, 6.07) is 4.20. The van der Waals surface area contributed by atoms with Gasteiger partial charge < -0.3 is 9.51 Å². The number of halogens is 1. The fourth-order valence-corrected chi connectivity index (χ4v) is 3.94. The van der Waals surface area contributed by atoms with E-state index >= 15 is 0 Å². The summed E-state index contributed by atoms with van der Waals surface area (Å²) >= 11 is 0. The highest BCUT2D eigenvalue weighted by atomic mass is 19.1. The highest BCUT2D eigenvalue weighted by Gasteiger charge is 2.28. The van der Waals surface area contributed by atoms with E-state index in [0.29, 0.717) is 12.3 Å². The first-order valence-corrected chi connectivity index (χ1v) is 9.91. The summed E-state index contributed by atoms with van der Waals surface area (Å²) in [4.78, 5) is 8.41. The molecule has 2 aliphatic carbocycles. The fraction of sp³-hybridized carbons (Fsp3) is 0.250. The van der Waals surface area contributed by atoms with E-state index in [4.69, 9.17) is 9.51 Å². The molecule has 0 saturated heterocycles. The zero-order valence-corrected chi connectivity index (χ0v) is 16.6. The van der Waals surface area contributed by atoms with Crippen LogP contribution in [0.15, 0.2) is 58.9 Å². The second-order valence-corrected chi connectivity index (χ2v) is 7.81. The Hall–Kier alpha value is -3.21. The number of nitrogens with one attached hydrogen (secondary N) is 1. The number of aryl methyl sites for hydroxylation is 2. The van der Waals surface area contributed by atoms with E-state index in [1.807, 2.05) is 19.9 Å². The normalized spacial score (nSPS) is 16.7. The Bertz CT molecular complexity index is 1220. The molecule has 2 heterocycles. The maximum Gasteiger partial charge on any atom is 0.141 e. The van der Waals surface area contributed by atoms with Gasteiger partial charge in [-0.3, -0.25) is 0 Å². The number of H-pyrrole nitrogens is 1. The summed E-state index contributed by atoms with van der Waals surface area (Å²) in [5.74, 6) is 2.10. The monoisotopic (exact) mass is 387 g/mol. The van der Waals surface area contributed by atoms with Crippen molar-refractivity contribution >= 4 is 16.6 Å². The van der Waals surface area contributed by atoms with Crippen LogP contribution in [-0.4, -0.2) is 15.1 Å². The number of rotatable bonds is 4. The van der Waals surface area contributed by atoms with Crippen LogP contribution in [0.3, 0.4) is 0 Å². The number of fused-ring (bicyclic) bond motifs is 1. The second kappa shape index (κ2) is 6.69. The lowest BCUT2D eigenvalue weighted by molar-refractivity contribution is 0.393. The minimum Gasteiger partial charge on any atom is -0.361 e. The molecule has 0 radical (unpaired) electrons. The Morgan fingerprint density at radius 3 is 2.76 bits per heavy atom. The molecule has 2 aliphatic rings. The molecular formula is C24H22FN3O. The van der Waals surface area contributed by atoms with Gasteiger partial charge in [-0.05, 0) is 74.1 Å². The van der Waals surface area contributed by atoms with E-state index in [9.17, 15) is 4.39 Å². The van der Waals surface area contributed by atoms with Crippen LogP contribution in [0.5, 0.6) is 0 Å². The molecule has 5 heteroatoms. The Morgan fingerprint density at radius 1 is 1.21 bits per heavy atom. The third kappa shape index (κ3) is 3.16. The van der Waals surface area contributed by atoms with Gasteiger partial charge in [0.25, 0.3) is 0 Å². The third-order valence-electron chi connectivity index (χ3n) is 5.64.